The lowest BCUT2D eigenvalue weighted by Gasteiger charge is -2.34. The monoisotopic (exact) mass is 334 g/mol. The Morgan fingerprint density at radius 1 is 1.33 bits per heavy atom. The second-order valence-electron chi connectivity index (χ2n) is 6.37. The molecule has 132 valence electrons. The zero-order valence-electron chi connectivity index (χ0n) is 14.5. The second-order valence-corrected chi connectivity index (χ2v) is 6.37. The van der Waals surface area contributed by atoms with E-state index < -0.39 is 17.5 Å². The maximum atomic E-state index is 12.7. The molecular weight excluding hydrogens is 308 g/mol. The van der Waals surface area contributed by atoms with Gasteiger partial charge in [-0.2, -0.15) is 0 Å². The molecule has 0 radical (unpaired) electrons. The summed E-state index contributed by atoms with van der Waals surface area (Å²) in [7, 11) is 0. The number of nitrogens with one attached hydrogen (secondary N) is 1. The zero-order valence-corrected chi connectivity index (χ0v) is 14.5. The van der Waals surface area contributed by atoms with Crippen molar-refractivity contribution in [1.82, 2.24) is 10.3 Å². The van der Waals surface area contributed by atoms with Crippen molar-refractivity contribution in [2.75, 3.05) is 19.7 Å². The summed E-state index contributed by atoms with van der Waals surface area (Å²) in [5, 5.41) is 3.24. The molecule has 1 saturated heterocycles. The highest BCUT2D eigenvalue weighted by molar-refractivity contribution is 5.86. The van der Waals surface area contributed by atoms with Crippen molar-refractivity contribution in [2.45, 2.75) is 46.0 Å². The molecule has 0 amide bonds. The number of hydrogen-bond acceptors (Lipinski definition) is 6. The third-order valence-corrected chi connectivity index (χ3v) is 4.38. The van der Waals surface area contributed by atoms with Gasteiger partial charge in [-0.3, -0.25) is 9.78 Å². The first-order valence-electron chi connectivity index (χ1n) is 8.57. The highest BCUT2D eigenvalue weighted by Gasteiger charge is 2.42. The molecule has 1 aromatic rings. The molecule has 0 atom stereocenters. The van der Waals surface area contributed by atoms with E-state index in [0.717, 1.165) is 24.1 Å². The van der Waals surface area contributed by atoms with E-state index in [1.807, 2.05) is 26.0 Å². The summed E-state index contributed by atoms with van der Waals surface area (Å²) < 4.78 is 9.93. The molecule has 1 aliphatic rings. The molecule has 1 aliphatic heterocycles. The van der Waals surface area contributed by atoms with Crippen LogP contribution in [-0.4, -0.2) is 36.8 Å². The topological polar surface area (TPSA) is 77.5 Å². The van der Waals surface area contributed by atoms with E-state index in [2.05, 4.69) is 10.3 Å². The van der Waals surface area contributed by atoms with Crippen LogP contribution in [0.25, 0.3) is 0 Å². The van der Waals surface area contributed by atoms with E-state index in [-0.39, 0.29) is 6.61 Å². The van der Waals surface area contributed by atoms with Crippen molar-refractivity contribution in [2.24, 2.45) is 5.41 Å². The van der Waals surface area contributed by atoms with E-state index in [4.69, 9.17) is 9.47 Å². The van der Waals surface area contributed by atoms with Crippen LogP contribution in [0, 0.1) is 12.3 Å². The summed E-state index contributed by atoms with van der Waals surface area (Å²) in [6.45, 7) is 5.69. The number of hydrogen-bond donors (Lipinski definition) is 1. The van der Waals surface area contributed by atoms with Crippen molar-refractivity contribution >= 4 is 12.1 Å². The van der Waals surface area contributed by atoms with Gasteiger partial charge in [-0.05, 0) is 57.0 Å². The fourth-order valence-corrected chi connectivity index (χ4v) is 2.91. The fourth-order valence-electron chi connectivity index (χ4n) is 2.91. The number of esters is 1. The lowest BCUT2D eigenvalue weighted by atomic mass is 9.75. The van der Waals surface area contributed by atoms with Crippen molar-refractivity contribution < 1.29 is 19.1 Å². The molecule has 6 heteroatoms. The Hall–Kier alpha value is -1.95. The van der Waals surface area contributed by atoms with Crippen LogP contribution in [0.15, 0.2) is 18.3 Å². The van der Waals surface area contributed by atoms with E-state index >= 15 is 0 Å². The van der Waals surface area contributed by atoms with Gasteiger partial charge in [0.1, 0.15) is 0 Å². The Kier molecular flexibility index (Phi) is 6.73. The second kappa shape index (κ2) is 8.78. The summed E-state index contributed by atoms with van der Waals surface area (Å²) in [6.07, 6.45) is 4.21. The Bertz CT molecular complexity index is 568. The maximum Gasteiger partial charge on any atom is 0.516 e. The third kappa shape index (κ3) is 5.03. The van der Waals surface area contributed by atoms with Crippen molar-refractivity contribution in [1.29, 1.82) is 0 Å². The molecular formula is C18H26N2O4. The molecule has 0 bridgehead atoms. The maximum absolute atomic E-state index is 12.7. The van der Waals surface area contributed by atoms with Gasteiger partial charge in [-0.25, -0.2) is 4.79 Å². The van der Waals surface area contributed by atoms with Gasteiger partial charge in [-0.1, -0.05) is 13.3 Å². The summed E-state index contributed by atoms with van der Waals surface area (Å²) in [4.78, 5) is 28.8. The van der Waals surface area contributed by atoms with Crippen LogP contribution in [-0.2, 0) is 20.7 Å². The Morgan fingerprint density at radius 3 is 2.75 bits per heavy atom. The number of aryl methyl sites for hydroxylation is 1. The molecule has 0 aliphatic carbocycles. The van der Waals surface area contributed by atoms with Gasteiger partial charge in [-0.15, -0.1) is 0 Å². The predicted octanol–water partition coefficient (Wildman–Crippen LogP) is 2.78. The predicted molar refractivity (Wildman–Crippen MR) is 89.6 cm³/mol. The van der Waals surface area contributed by atoms with Crippen LogP contribution < -0.4 is 5.32 Å². The number of ether oxygens (including phenoxy) is 2. The summed E-state index contributed by atoms with van der Waals surface area (Å²) in [6, 6.07) is 3.89. The van der Waals surface area contributed by atoms with Crippen LogP contribution in [0.1, 0.15) is 43.9 Å². The van der Waals surface area contributed by atoms with E-state index in [1.165, 1.54) is 0 Å². The minimum Gasteiger partial charge on any atom is -0.434 e. The number of carbonyl (C=O) groups is 2. The van der Waals surface area contributed by atoms with Crippen LogP contribution in [0.4, 0.5) is 4.79 Å². The van der Waals surface area contributed by atoms with Crippen LogP contribution >= 0.6 is 0 Å². The average molecular weight is 334 g/mol. The van der Waals surface area contributed by atoms with Crippen molar-refractivity contribution in [3.8, 4) is 0 Å². The summed E-state index contributed by atoms with van der Waals surface area (Å²) in [5.41, 5.74) is 1.21. The van der Waals surface area contributed by atoms with E-state index in [0.29, 0.717) is 32.4 Å². The molecule has 2 rings (SSSR count). The zero-order chi connectivity index (χ0) is 17.4. The molecule has 0 unspecified atom stereocenters. The minimum absolute atomic E-state index is 0.274. The van der Waals surface area contributed by atoms with Gasteiger partial charge in [0.2, 0.25) is 0 Å². The molecule has 24 heavy (non-hydrogen) atoms. The molecule has 1 fully saturated rings. The normalized spacial score (nSPS) is 16.4. The smallest absolute Gasteiger partial charge is 0.434 e. The van der Waals surface area contributed by atoms with E-state index in [1.54, 1.807) is 6.20 Å². The number of rotatable bonds is 6. The lowest BCUT2D eigenvalue weighted by molar-refractivity contribution is -0.153. The highest BCUT2D eigenvalue weighted by Crippen LogP contribution is 2.34. The van der Waals surface area contributed by atoms with Crippen LogP contribution in [0.3, 0.4) is 0 Å². The first-order valence-corrected chi connectivity index (χ1v) is 8.57. The molecule has 0 aromatic carbocycles. The van der Waals surface area contributed by atoms with Gasteiger partial charge < -0.3 is 14.8 Å². The van der Waals surface area contributed by atoms with Gasteiger partial charge in [0.25, 0.3) is 0 Å². The van der Waals surface area contributed by atoms with Gasteiger partial charge in [0.15, 0.2) is 0 Å². The third-order valence-electron chi connectivity index (χ3n) is 4.38. The quantitative estimate of drug-likeness (QED) is 0.490. The molecule has 2 heterocycles. The molecule has 1 aromatic heterocycles. The number of nitrogens with zero attached hydrogens (tertiary/aromatic N) is 1. The summed E-state index contributed by atoms with van der Waals surface area (Å²) >= 11 is 0. The van der Waals surface area contributed by atoms with Crippen LogP contribution in [0.5, 0.6) is 0 Å². The first-order chi connectivity index (χ1) is 11.6. The average Bonchev–Trinajstić information content (AvgIpc) is 2.56. The molecule has 6 nitrogen and oxygen atoms in total. The van der Waals surface area contributed by atoms with Crippen LogP contribution in [0.2, 0.25) is 0 Å². The van der Waals surface area contributed by atoms with Gasteiger partial charge in [0, 0.05) is 18.3 Å². The number of carbonyl (C=O) groups excluding carboxylic acids is 2. The SMILES string of the molecule is CCCCOC(=O)OC(=O)C1(Cc2cc(C)ccn2)CCNCC1. The Morgan fingerprint density at radius 2 is 2.08 bits per heavy atom. The fraction of sp³-hybridized carbons (Fsp3) is 0.611. The minimum atomic E-state index is -0.899. The molecule has 1 N–H and O–H groups in total. The number of piperidine rings is 1. The van der Waals surface area contributed by atoms with Crippen molar-refractivity contribution in [3.05, 3.63) is 29.6 Å². The van der Waals surface area contributed by atoms with Crippen molar-refractivity contribution in [3.63, 3.8) is 0 Å². The standard InChI is InChI=1S/C18H26N2O4/c1-3-4-11-23-17(22)24-16(21)18(6-9-19-10-7-18)13-15-12-14(2)5-8-20-15/h5,8,12,19H,3-4,6-7,9-11,13H2,1-2H3. The Labute approximate surface area is 142 Å². The largest absolute Gasteiger partial charge is 0.516 e. The molecule has 0 spiro atoms. The molecule has 0 saturated carbocycles. The lowest BCUT2D eigenvalue weighted by Crippen LogP contribution is -2.45. The Balaban J connectivity index is 2.06. The summed E-state index contributed by atoms with van der Waals surface area (Å²) in [5.74, 6) is -0.506. The number of unbranched alkanes of at least 4 members (excludes halogenated alkanes) is 1. The van der Waals surface area contributed by atoms with Gasteiger partial charge in [0.05, 0.1) is 12.0 Å². The highest BCUT2D eigenvalue weighted by atomic mass is 16.7. The number of aromatic nitrogens is 1. The number of pyridine rings is 1. The van der Waals surface area contributed by atoms with Gasteiger partial charge >= 0.3 is 12.1 Å². The van der Waals surface area contributed by atoms with E-state index in [9.17, 15) is 9.59 Å². The first kappa shape index (κ1) is 18.4.